The first-order valence-electron chi connectivity index (χ1n) is 3.91. The van der Waals surface area contributed by atoms with Gasteiger partial charge in [-0.05, 0) is 11.4 Å². The lowest BCUT2D eigenvalue weighted by molar-refractivity contribution is 0.0689. The Kier molecular flexibility index (Phi) is 2.28. The molecule has 0 aliphatic carbocycles. The van der Waals surface area contributed by atoms with E-state index in [1.165, 1.54) is 11.0 Å². The van der Waals surface area contributed by atoms with Gasteiger partial charge in [-0.2, -0.15) is 9.90 Å². The van der Waals surface area contributed by atoms with E-state index in [0.29, 0.717) is 6.54 Å². The van der Waals surface area contributed by atoms with Gasteiger partial charge in [0, 0.05) is 4.88 Å². The van der Waals surface area contributed by atoms with Crippen LogP contribution in [0.3, 0.4) is 0 Å². The monoisotopic (exact) mass is 209 g/mol. The van der Waals surface area contributed by atoms with Crippen LogP contribution in [-0.4, -0.2) is 26.1 Å². The summed E-state index contributed by atoms with van der Waals surface area (Å²) in [5.41, 5.74) is -0.0263. The van der Waals surface area contributed by atoms with Gasteiger partial charge in [0.1, 0.15) is 0 Å². The zero-order valence-corrected chi connectivity index (χ0v) is 7.94. The van der Waals surface area contributed by atoms with E-state index in [9.17, 15) is 4.79 Å². The molecule has 0 fully saturated rings. The zero-order chi connectivity index (χ0) is 9.97. The Morgan fingerprint density at radius 1 is 1.64 bits per heavy atom. The summed E-state index contributed by atoms with van der Waals surface area (Å²) in [6.07, 6.45) is 1.25. The minimum Gasteiger partial charge on any atom is -0.476 e. The molecule has 0 bridgehead atoms. The first-order valence-corrected chi connectivity index (χ1v) is 4.79. The van der Waals surface area contributed by atoms with Crippen molar-refractivity contribution in [2.45, 2.75) is 6.54 Å². The van der Waals surface area contributed by atoms with E-state index in [0.717, 1.165) is 4.88 Å². The van der Waals surface area contributed by atoms with Gasteiger partial charge in [0.05, 0.1) is 12.7 Å². The van der Waals surface area contributed by atoms with Crippen molar-refractivity contribution in [2.75, 3.05) is 0 Å². The highest BCUT2D eigenvalue weighted by atomic mass is 32.1. The van der Waals surface area contributed by atoms with Crippen LogP contribution in [0.2, 0.25) is 0 Å². The summed E-state index contributed by atoms with van der Waals surface area (Å²) in [5.74, 6) is -1.05. The Hall–Kier alpha value is -1.69. The number of hydrogen-bond acceptors (Lipinski definition) is 4. The molecular weight excluding hydrogens is 202 g/mol. The minimum absolute atomic E-state index is 0.0263. The highest BCUT2D eigenvalue weighted by molar-refractivity contribution is 7.09. The van der Waals surface area contributed by atoms with Crippen LogP contribution in [0.4, 0.5) is 0 Å². The standard InChI is InChI=1S/C8H7N3O2S/c12-8(13)7-4-9-11(10-7)5-6-2-1-3-14-6/h1-4H,5H2,(H,12,13). The van der Waals surface area contributed by atoms with Crippen LogP contribution >= 0.6 is 11.3 Å². The molecule has 2 aromatic rings. The van der Waals surface area contributed by atoms with Crippen LogP contribution in [0.25, 0.3) is 0 Å². The molecule has 0 saturated carbocycles. The topological polar surface area (TPSA) is 68.0 Å². The van der Waals surface area contributed by atoms with Crippen LogP contribution in [0.1, 0.15) is 15.4 Å². The number of carboxylic acids is 1. The van der Waals surface area contributed by atoms with Gasteiger partial charge in [-0.3, -0.25) is 0 Å². The van der Waals surface area contributed by atoms with E-state index < -0.39 is 5.97 Å². The lowest BCUT2D eigenvalue weighted by Crippen LogP contribution is -2.04. The molecule has 0 radical (unpaired) electrons. The summed E-state index contributed by atoms with van der Waals surface area (Å²) in [4.78, 5) is 13.0. The lowest BCUT2D eigenvalue weighted by Gasteiger charge is -1.94. The Balaban J connectivity index is 2.14. The number of carboxylic acid groups (broad SMARTS) is 1. The predicted octanol–water partition coefficient (Wildman–Crippen LogP) is 1.09. The van der Waals surface area contributed by atoms with Gasteiger partial charge >= 0.3 is 5.97 Å². The van der Waals surface area contributed by atoms with E-state index in [-0.39, 0.29) is 5.69 Å². The third-order valence-corrected chi connectivity index (χ3v) is 2.49. The molecule has 0 spiro atoms. The SMILES string of the molecule is O=C(O)c1cnn(Cc2cccs2)n1. The highest BCUT2D eigenvalue weighted by Crippen LogP contribution is 2.09. The van der Waals surface area contributed by atoms with Gasteiger partial charge in [0.25, 0.3) is 0 Å². The summed E-state index contributed by atoms with van der Waals surface area (Å²) in [7, 11) is 0. The number of rotatable bonds is 3. The van der Waals surface area contributed by atoms with Crippen molar-refractivity contribution in [1.82, 2.24) is 15.0 Å². The van der Waals surface area contributed by atoms with E-state index >= 15 is 0 Å². The maximum atomic E-state index is 10.5. The second-order valence-electron chi connectivity index (χ2n) is 2.64. The van der Waals surface area contributed by atoms with Crippen LogP contribution in [0.5, 0.6) is 0 Å². The van der Waals surface area contributed by atoms with E-state index in [4.69, 9.17) is 5.11 Å². The smallest absolute Gasteiger partial charge is 0.358 e. The van der Waals surface area contributed by atoms with Gasteiger partial charge in [0.15, 0.2) is 5.69 Å². The summed E-state index contributed by atoms with van der Waals surface area (Å²) < 4.78 is 0. The van der Waals surface area contributed by atoms with Crippen molar-refractivity contribution >= 4 is 17.3 Å². The molecule has 6 heteroatoms. The number of aromatic nitrogens is 3. The second-order valence-corrected chi connectivity index (χ2v) is 3.68. The van der Waals surface area contributed by atoms with Crippen LogP contribution in [0.15, 0.2) is 23.7 Å². The predicted molar refractivity (Wildman–Crippen MR) is 50.4 cm³/mol. The Morgan fingerprint density at radius 2 is 2.50 bits per heavy atom. The average Bonchev–Trinajstić information content (AvgIpc) is 2.75. The fourth-order valence-electron chi connectivity index (χ4n) is 1.01. The number of thiophene rings is 1. The van der Waals surface area contributed by atoms with Gasteiger partial charge in [-0.15, -0.1) is 16.4 Å². The average molecular weight is 209 g/mol. The molecule has 0 saturated heterocycles. The lowest BCUT2D eigenvalue weighted by atomic mass is 10.5. The molecular formula is C8H7N3O2S. The summed E-state index contributed by atoms with van der Waals surface area (Å²) in [6.45, 7) is 0.519. The van der Waals surface area contributed by atoms with Crippen molar-refractivity contribution in [2.24, 2.45) is 0 Å². The number of hydrogen-bond donors (Lipinski definition) is 1. The minimum atomic E-state index is -1.05. The first-order chi connectivity index (χ1) is 6.75. The molecule has 0 amide bonds. The molecule has 2 rings (SSSR count). The summed E-state index contributed by atoms with van der Waals surface area (Å²) in [5, 5.41) is 18.2. The van der Waals surface area contributed by atoms with Crippen LogP contribution in [-0.2, 0) is 6.54 Å². The second kappa shape index (κ2) is 3.59. The van der Waals surface area contributed by atoms with Gasteiger partial charge in [-0.1, -0.05) is 6.07 Å². The van der Waals surface area contributed by atoms with E-state index in [1.54, 1.807) is 11.3 Å². The fourth-order valence-corrected chi connectivity index (χ4v) is 1.69. The Morgan fingerprint density at radius 3 is 3.07 bits per heavy atom. The molecule has 0 unspecified atom stereocenters. The third kappa shape index (κ3) is 1.80. The quantitative estimate of drug-likeness (QED) is 0.821. The van der Waals surface area contributed by atoms with Crippen molar-refractivity contribution in [1.29, 1.82) is 0 Å². The Labute approximate surface area is 83.6 Å². The van der Waals surface area contributed by atoms with Crippen LogP contribution < -0.4 is 0 Å². The van der Waals surface area contributed by atoms with Gasteiger partial charge in [0.2, 0.25) is 0 Å². The van der Waals surface area contributed by atoms with Crippen molar-refractivity contribution in [3.8, 4) is 0 Å². The highest BCUT2D eigenvalue weighted by Gasteiger charge is 2.08. The molecule has 5 nitrogen and oxygen atoms in total. The first kappa shape index (κ1) is 8.89. The third-order valence-electron chi connectivity index (χ3n) is 1.63. The van der Waals surface area contributed by atoms with E-state index in [1.807, 2.05) is 17.5 Å². The van der Waals surface area contributed by atoms with Gasteiger partial charge in [-0.25, -0.2) is 4.79 Å². The van der Waals surface area contributed by atoms with Crippen molar-refractivity contribution in [3.05, 3.63) is 34.3 Å². The Bertz CT molecular complexity index is 435. The molecule has 0 aliphatic heterocycles. The molecule has 1 N–H and O–H groups in total. The summed E-state index contributed by atoms with van der Waals surface area (Å²) >= 11 is 1.59. The molecule has 2 aromatic heterocycles. The number of nitrogens with zero attached hydrogens (tertiary/aromatic N) is 3. The molecule has 14 heavy (non-hydrogen) atoms. The molecule has 2 heterocycles. The normalized spacial score (nSPS) is 10.3. The van der Waals surface area contributed by atoms with Gasteiger partial charge < -0.3 is 5.11 Å². The summed E-state index contributed by atoms with van der Waals surface area (Å²) in [6, 6.07) is 3.88. The number of carbonyl (C=O) groups is 1. The number of aromatic carboxylic acids is 1. The van der Waals surface area contributed by atoms with Crippen LogP contribution in [0, 0.1) is 0 Å². The maximum absolute atomic E-state index is 10.5. The molecule has 0 atom stereocenters. The van der Waals surface area contributed by atoms with Crippen molar-refractivity contribution in [3.63, 3.8) is 0 Å². The molecule has 72 valence electrons. The maximum Gasteiger partial charge on any atom is 0.358 e. The molecule has 0 aliphatic rings. The fraction of sp³-hybridized carbons (Fsp3) is 0.125. The zero-order valence-electron chi connectivity index (χ0n) is 7.12. The largest absolute Gasteiger partial charge is 0.476 e. The van der Waals surface area contributed by atoms with E-state index in [2.05, 4.69) is 10.2 Å². The van der Waals surface area contributed by atoms with Crippen molar-refractivity contribution < 1.29 is 9.90 Å². The molecule has 0 aromatic carbocycles.